The average molecular weight is 326 g/mol. The standard InChI is InChI=1S/C15H14N6O3/c22-15-4-2-11(18-21(15)6-5-14-16-19-20-17-14)10-1-3-12-13(9-10)24-8-7-23-12/h1-4,9H,5-8H2,(H,16,17,19,20). The van der Waals surface area contributed by atoms with Crippen molar-refractivity contribution in [3.8, 4) is 22.8 Å². The summed E-state index contributed by atoms with van der Waals surface area (Å²) in [4.78, 5) is 12.0. The molecule has 122 valence electrons. The Bertz CT molecular complexity index is 906. The third-order valence-electron chi connectivity index (χ3n) is 3.64. The molecule has 0 unspecified atom stereocenters. The highest BCUT2D eigenvalue weighted by atomic mass is 16.6. The van der Waals surface area contributed by atoms with E-state index in [-0.39, 0.29) is 5.56 Å². The van der Waals surface area contributed by atoms with Crippen LogP contribution in [0.2, 0.25) is 0 Å². The van der Waals surface area contributed by atoms with E-state index in [2.05, 4.69) is 25.7 Å². The van der Waals surface area contributed by atoms with Gasteiger partial charge < -0.3 is 9.47 Å². The Labute approximate surface area is 136 Å². The Morgan fingerprint density at radius 2 is 2.00 bits per heavy atom. The summed E-state index contributed by atoms with van der Waals surface area (Å²) in [5.41, 5.74) is 1.35. The van der Waals surface area contributed by atoms with Crippen molar-refractivity contribution in [3.05, 3.63) is 46.5 Å². The molecule has 0 amide bonds. The van der Waals surface area contributed by atoms with E-state index in [1.807, 2.05) is 18.2 Å². The summed E-state index contributed by atoms with van der Waals surface area (Å²) in [6.45, 7) is 1.44. The molecule has 2 aromatic heterocycles. The van der Waals surface area contributed by atoms with Crippen molar-refractivity contribution in [2.45, 2.75) is 13.0 Å². The molecule has 3 heterocycles. The van der Waals surface area contributed by atoms with E-state index in [1.165, 1.54) is 10.7 Å². The Hall–Kier alpha value is -3.23. The number of benzene rings is 1. The second-order valence-corrected chi connectivity index (χ2v) is 5.22. The summed E-state index contributed by atoms with van der Waals surface area (Å²) in [5, 5.41) is 18.0. The quantitative estimate of drug-likeness (QED) is 0.741. The summed E-state index contributed by atoms with van der Waals surface area (Å²) in [6, 6.07) is 8.79. The van der Waals surface area contributed by atoms with Crippen molar-refractivity contribution >= 4 is 0 Å². The fraction of sp³-hybridized carbons (Fsp3) is 0.267. The smallest absolute Gasteiger partial charge is 0.266 e. The molecule has 24 heavy (non-hydrogen) atoms. The van der Waals surface area contributed by atoms with Crippen molar-refractivity contribution in [3.63, 3.8) is 0 Å². The average Bonchev–Trinajstić information content (AvgIpc) is 3.14. The van der Waals surface area contributed by atoms with Gasteiger partial charge >= 0.3 is 0 Å². The number of aromatic nitrogens is 6. The number of ether oxygens (including phenoxy) is 2. The molecule has 0 bridgehead atoms. The fourth-order valence-corrected chi connectivity index (χ4v) is 2.46. The number of aromatic amines is 1. The van der Waals surface area contributed by atoms with E-state index >= 15 is 0 Å². The largest absolute Gasteiger partial charge is 0.486 e. The van der Waals surface area contributed by atoms with Crippen LogP contribution in [0.15, 0.2) is 35.1 Å². The van der Waals surface area contributed by atoms with Crippen molar-refractivity contribution in [1.82, 2.24) is 30.4 Å². The predicted molar refractivity (Wildman–Crippen MR) is 82.8 cm³/mol. The Morgan fingerprint density at radius 1 is 1.12 bits per heavy atom. The van der Waals surface area contributed by atoms with Crippen LogP contribution < -0.4 is 15.0 Å². The number of nitrogens with one attached hydrogen (secondary N) is 1. The molecule has 0 aliphatic carbocycles. The molecule has 1 aromatic carbocycles. The van der Waals surface area contributed by atoms with Crippen LogP contribution >= 0.6 is 0 Å². The van der Waals surface area contributed by atoms with Crippen molar-refractivity contribution in [2.24, 2.45) is 0 Å². The number of fused-ring (bicyclic) bond motifs is 1. The van der Waals surface area contributed by atoms with Crippen molar-refractivity contribution in [1.29, 1.82) is 0 Å². The molecule has 0 radical (unpaired) electrons. The fourth-order valence-electron chi connectivity index (χ4n) is 2.46. The first-order valence-electron chi connectivity index (χ1n) is 7.50. The highest BCUT2D eigenvalue weighted by molar-refractivity contribution is 5.63. The lowest BCUT2D eigenvalue weighted by Crippen LogP contribution is -2.23. The van der Waals surface area contributed by atoms with Crippen molar-refractivity contribution < 1.29 is 9.47 Å². The van der Waals surface area contributed by atoms with Gasteiger partial charge in [0.05, 0.1) is 12.2 Å². The first-order valence-corrected chi connectivity index (χ1v) is 7.50. The number of nitrogens with zero attached hydrogens (tertiary/aromatic N) is 5. The summed E-state index contributed by atoms with van der Waals surface area (Å²) in [6.07, 6.45) is 0.466. The Kier molecular flexibility index (Phi) is 3.66. The number of rotatable bonds is 4. The van der Waals surface area contributed by atoms with E-state index in [4.69, 9.17) is 9.47 Å². The van der Waals surface area contributed by atoms with Gasteiger partial charge in [0.2, 0.25) is 0 Å². The lowest BCUT2D eigenvalue weighted by atomic mass is 10.1. The van der Waals surface area contributed by atoms with Gasteiger partial charge in [-0.3, -0.25) is 4.79 Å². The van der Waals surface area contributed by atoms with Crippen LogP contribution in [0.3, 0.4) is 0 Å². The summed E-state index contributed by atoms with van der Waals surface area (Å²) in [5.74, 6) is 1.94. The molecular weight excluding hydrogens is 312 g/mol. The molecule has 1 aliphatic rings. The SMILES string of the molecule is O=c1ccc(-c2ccc3c(c2)OCCO3)nn1CCc1nn[nH]n1. The molecule has 0 spiro atoms. The first kappa shape index (κ1) is 14.4. The van der Waals surface area contributed by atoms with E-state index < -0.39 is 0 Å². The molecule has 1 aliphatic heterocycles. The molecule has 4 rings (SSSR count). The van der Waals surface area contributed by atoms with Gasteiger partial charge in [0.25, 0.3) is 5.56 Å². The molecule has 1 N–H and O–H groups in total. The lowest BCUT2D eigenvalue weighted by molar-refractivity contribution is 0.171. The molecule has 0 saturated carbocycles. The zero-order valence-corrected chi connectivity index (χ0v) is 12.7. The zero-order chi connectivity index (χ0) is 16.4. The van der Waals surface area contributed by atoms with Gasteiger partial charge in [0.1, 0.15) is 13.2 Å². The van der Waals surface area contributed by atoms with E-state index in [0.717, 1.165) is 11.3 Å². The van der Waals surface area contributed by atoms with Gasteiger partial charge in [-0.2, -0.15) is 10.3 Å². The molecular formula is C15H14N6O3. The molecule has 0 fully saturated rings. The van der Waals surface area contributed by atoms with Gasteiger partial charge in [-0.05, 0) is 24.3 Å². The highest BCUT2D eigenvalue weighted by Crippen LogP contribution is 2.33. The number of hydrogen-bond acceptors (Lipinski definition) is 7. The number of hydrogen-bond donors (Lipinski definition) is 1. The van der Waals surface area contributed by atoms with Gasteiger partial charge in [-0.1, -0.05) is 5.21 Å². The maximum Gasteiger partial charge on any atom is 0.266 e. The zero-order valence-electron chi connectivity index (χ0n) is 12.7. The second-order valence-electron chi connectivity index (χ2n) is 5.22. The first-order chi connectivity index (χ1) is 11.8. The molecule has 9 heteroatoms. The van der Waals surface area contributed by atoms with E-state index in [1.54, 1.807) is 6.07 Å². The maximum absolute atomic E-state index is 12.0. The minimum absolute atomic E-state index is 0.181. The Balaban J connectivity index is 1.61. The van der Waals surface area contributed by atoms with Crippen LogP contribution in [0.1, 0.15) is 5.82 Å². The van der Waals surface area contributed by atoms with Gasteiger partial charge in [-0.15, -0.1) is 10.2 Å². The third kappa shape index (κ3) is 2.83. The monoisotopic (exact) mass is 326 g/mol. The summed E-state index contributed by atoms with van der Waals surface area (Å²) in [7, 11) is 0. The Morgan fingerprint density at radius 3 is 2.83 bits per heavy atom. The second kappa shape index (κ2) is 6.11. The third-order valence-corrected chi connectivity index (χ3v) is 3.64. The summed E-state index contributed by atoms with van der Waals surface area (Å²) < 4.78 is 12.5. The van der Waals surface area contributed by atoms with Crippen LogP contribution in [0.25, 0.3) is 11.3 Å². The van der Waals surface area contributed by atoms with Gasteiger partial charge in [0.15, 0.2) is 17.3 Å². The van der Waals surface area contributed by atoms with Crippen molar-refractivity contribution in [2.75, 3.05) is 13.2 Å². The van der Waals surface area contributed by atoms with Crippen LogP contribution in [0.5, 0.6) is 11.5 Å². The van der Waals surface area contributed by atoms with Gasteiger partial charge in [-0.25, -0.2) is 4.68 Å². The van der Waals surface area contributed by atoms with Crippen LogP contribution in [0.4, 0.5) is 0 Å². The molecule has 3 aromatic rings. The summed E-state index contributed by atoms with van der Waals surface area (Å²) >= 11 is 0. The molecule has 9 nitrogen and oxygen atoms in total. The normalized spacial score (nSPS) is 13.0. The van der Waals surface area contributed by atoms with E-state index in [9.17, 15) is 4.79 Å². The highest BCUT2D eigenvalue weighted by Gasteiger charge is 2.13. The molecule has 0 atom stereocenters. The number of tetrazole rings is 1. The van der Waals surface area contributed by atoms with Crippen LogP contribution in [-0.4, -0.2) is 43.6 Å². The minimum Gasteiger partial charge on any atom is -0.486 e. The lowest BCUT2D eigenvalue weighted by Gasteiger charge is -2.18. The topological polar surface area (TPSA) is 108 Å². The van der Waals surface area contributed by atoms with Crippen LogP contribution in [-0.2, 0) is 13.0 Å². The molecule has 0 saturated heterocycles. The van der Waals surface area contributed by atoms with Gasteiger partial charge in [0, 0.05) is 18.1 Å². The minimum atomic E-state index is -0.181. The van der Waals surface area contributed by atoms with E-state index in [0.29, 0.717) is 43.4 Å². The number of aryl methyl sites for hydroxylation is 2. The predicted octanol–water partition coefficient (Wildman–Crippen LogP) is 0.437. The maximum atomic E-state index is 12.0. The number of H-pyrrole nitrogens is 1. The van der Waals surface area contributed by atoms with Crippen LogP contribution in [0, 0.1) is 0 Å².